The molecular weight excluding hydrogens is 286 g/mol. The number of aldehydes is 1. The SMILES string of the molecule is COc1ccc(C=O)cc1Cn1cc(Cl)c([N+](=O)[O-])n1. The zero-order valence-corrected chi connectivity index (χ0v) is 11.2. The monoisotopic (exact) mass is 295 g/mol. The van der Waals surface area contributed by atoms with Gasteiger partial charge in [0.2, 0.25) is 0 Å². The van der Waals surface area contributed by atoms with Gasteiger partial charge in [0.05, 0.1) is 25.0 Å². The number of hydrogen-bond donors (Lipinski definition) is 0. The second-order valence-corrected chi connectivity index (χ2v) is 4.35. The third-order valence-corrected chi connectivity index (χ3v) is 2.91. The molecule has 0 N–H and O–H groups in total. The van der Waals surface area contributed by atoms with Gasteiger partial charge in [-0.3, -0.25) is 4.79 Å². The van der Waals surface area contributed by atoms with Crippen molar-refractivity contribution >= 4 is 23.7 Å². The molecule has 0 amide bonds. The maximum absolute atomic E-state index is 10.8. The minimum absolute atomic E-state index is 0.0412. The minimum Gasteiger partial charge on any atom is -0.496 e. The Balaban J connectivity index is 2.36. The molecule has 0 aliphatic carbocycles. The van der Waals surface area contributed by atoms with Crippen molar-refractivity contribution in [2.45, 2.75) is 6.54 Å². The Morgan fingerprint density at radius 3 is 2.85 bits per heavy atom. The lowest BCUT2D eigenvalue weighted by molar-refractivity contribution is -0.389. The van der Waals surface area contributed by atoms with Gasteiger partial charge in [-0.05, 0) is 23.1 Å². The highest BCUT2D eigenvalue weighted by atomic mass is 35.5. The zero-order valence-electron chi connectivity index (χ0n) is 10.4. The number of benzene rings is 1. The number of carbonyl (C=O) groups is 1. The van der Waals surface area contributed by atoms with Crippen LogP contribution in [0.4, 0.5) is 5.82 Å². The molecular formula is C12H10ClN3O4. The van der Waals surface area contributed by atoms with Crippen molar-refractivity contribution in [1.82, 2.24) is 9.78 Å². The molecule has 0 aliphatic heterocycles. The molecule has 20 heavy (non-hydrogen) atoms. The van der Waals surface area contributed by atoms with E-state index < -0.39 is 10.7 Å². The summed E-state index contributed by atoms with van der Waals surface area (Å²) in [5, 5.41) is 14.4. The fourth-order valence-corrected chi connectivity index (χ4v) is 1.98. The fourth-order valence-electron chi connectivity index (χ4n) is 1.76. The van der Waals surface area contributed by atoms with E-state index in [2.05, 4.69) is 5.10 Å². The van der Waals surface area contributed by atoms with E-state index in [0.717, 1.165) is 0 Å². The Labute approximate surface area is 118 Å². The first-order valence-electron chi connectivity index (χ1n) is 5.54. The van der Waals surface area contributed by atoms with Crippen LogP contribution < -0.4 is 4.74 Å². The van der Waals surface area contributed by atoms with Gasteiger partial charge in [-0.15, -0.1) is 0 Å². The molecule has 0 spiro atoms. The van der Waals surface area contributed by atoms with Crippen LogP contribution in [0.25, 0.3) is 0 Å². The molecule has 0 radical (unpaired) electrons. The summed E-state index contributed by atoms with van der Waals surface area (Å²) >= 11 is 5.73. The van der Waals surface area contributed by atoms with Crippen LogP contribution in [0, 0.1) is 10.1 Å². The minimum atomic E-state index is -0.655. The Hall–Kier alpha value is -2.41. The summed E-state index contributed by atoms with van der Waals surface area (Å²) in [7, 11) is 1.50. The smallest absolute Gasteiger partial charge is 0.408 e. The molecule has 1 heterocycles. The molecule has 1 aromatic heterocycles. The topological polar surface area (TPSA) is 87.3 Å². The Kier molecular flexibility index (Phi) is 3.99. The number of nitrogens with zero attached hydrogens (tertiary/aromatic N) is 3. The van der Waals surface area contributed by atoms with E-state index in [1.54, 1.807) is 18.2 Å². The lowest BCUT2D eigenvalue weighted by Crippen LogP contribution is -2.04. The summed E-state index contributed by atoms with van der Waals surface area (Å²) in [6, 6.07) is 4.90. The van der Waals surface area contributed by atoms with Crippen LogP contribution in [-0.4, -0.2) is 28.1 Å². The summed E-state index contributed by atoms with van der Waals surface area (Å²) in [4.78, 5) is 20.8. The average Bonchev–Trinajstić information content (AvgIpc) is 2.79. The third kappa shape index (κ3) is 2.77. The lowest BCUT2D eigenvalue weighted by Gasteiger charge is -2.07. The van der Waals surface area contributed by atoms with Gasteiger partial charge in [-0.25, -0.2) is 0 Å². The van der Waals surface area contributed by atoms with E-state index in [9.17, 15) is 14.9 Å². The van der Waals surface area contributed by atoms with E-state index in [1.165, 1.54) is 18.0 Å². The van der Waals surface area contributed by atoms with Gasteiger partial charge in [0, 0.05) is 11.1 Å². The normalized spacial score (nSPS) is 10.3. The fraction of sp³-hybridized carbons (Fsp3) is 0.167. The average molecular weight is 296 g/mol. The first kappa shape index (κ1) is 14.0. The van der Waals surface area contributed by atoms with Crippen LogP contribution in [0.15, 0.2) is 24.4 Å². The highest BCUT2D eigenvalue weighted by molar-refractivity contribution is 6.32. The molecule has 0 saturated heterocycles. The van der Waals surface area contributed by atoms with Crippen molar-refractivity contribution in [2.75, 3.05) is 7.11 Å². The molecule has 0 atom stereocenters. The standard InChI is InChI=1S/C12H10ClN3O4/c1-20-11-3-2-8(7-17)4-9(11)5-15-6-10(13)12(14-15)16(18)19/h2-4,6-7H,5H2,1H3. The number of halogens is 1. The summed E-state index contributed by atoms with van der Waals surface area (Å²) in [5.41, 5.74) is 1.15. The molecule has 7 nitrogen and oxygen atoms in total. The van der Waals surface area contributed by atoms with E-state index in [-0.39, 0.29) is 11.6 Å². The van der Waals surface area contributed by atoms with Crippen molar-refractivity contribution in [1.29, 1.82) is 0 Å². The summed E-state index contributed by atoms with van der Waals surface area (Å²) in [5.74, 6) is 0.155. The summed E-state index contributed by atoms with van der Waals surface area (Å²) in [6.07, 6.45) is 2.06. The van der Waals surface area contributed by atoms with Crippen LogP contribution in [0.5, 0.6) is 5.75 Å². The Bertz CT molecular complexity index is 669. The molecule has 8 heteroatoms. The highest BCUT2D eigenvalue weighted by Gasteiger charge is 2.19. The number of methoxy groups -OCH3 is 1. The number of aromatic nitrogens is 2. The first-order chi connectivity index (χ1) is 9.55. The number of hydrogen-bond acceptors (Lipinski definition) is 5. The Morgan fingerprint density at radius 2 is 2.30 bits per heavy atom. The van der Waals surface area contributed by atoms with E-state index in [4.69, 9.17) is 16.3 Å². The predicted octanol–water partition coefficient (Wildman–Crippen LogP) is 2.31. The third-order valence-electron chi connectivity index (χ3n) is 2.64. The van der Waals surface area contributed by atoms with Crippen molar-refractivity contribution in [3.05, 3.63) is 50.7 Å². The van der Waals surface area contributed by atoms with Crippen molar-refractivity contribution in [3.8, 4) is 5.75 Å². The number of rotatable bonds is 5. The lowest BCUT2D eigenvalue weighted by atomic mass is 10.1. The van der Waals surface area contributed by atoms with Crippen molar-refractivity contribution < 1.29 is 14.5 Å². The molecule has 0 saturated carbocycles. The highest BCUT2D eigenvalue weighted by Crippen LogP contribution is 2.24. The van der Waals surface area contributed by atoms with Crippen LogP contribution in [0.3, 0.4) is 0 Å². The number of carbonyl (C=O) groups excluding carboxylic acids is 1. The van der Waals surface area contributed by atoms with E-state index >= 15 is 0 Å². The van der Waals surface area contributed by atoms with Gasteiger partial charge >= 0.3 is 5.82 Å². The van der Waals surface area contributed by atoms with Gasteiger partial charge in [-0.1, -0.05) is 11.6 Å². The predicted molar refractivity (Wildman–Crippen MR) is 71.4 cm³/mol. The summed E-state index contributed by atoms with van der Waals surface area (Å²) in [6.45, 7) is 0.207. The maximum Gasteiger partial charge on any atom is 0.408 e. The number of nitro groups is 1. The second kappa shape index (κ2) is 5.70. The van der Waals surface area contributed by atoms with Gasteiger partial charge in [0.25, 0.3) is 0 Å². The van der Waals surface area contributed by atoms with Gasteiger partial charge in [0.1, 0.15) is 12.0 Å². The van der Waals surface area contributed by atoms with Crippen LogP contribution in [-0.2, 0) is 6.54 Å². The van der Waals surface area contributed by atoms with E-state index in [0.29, 0.717) is 23.2 Å². The second-order valence-electron chi connectivity index (χ2n) is 3.94. The van der Waals surface area contributed by atoms with Gasteiger partial charge in [0.15, 0.2) is 5.02 Å². The molecule has 0 unspecified atom stereocenters. The van der Waals surface area contributed by atoms with Crippen LogP contribution >= 0.6 is 11.6 Å². The van der Waals surface area contributed by atoms with Gasteiger partial charge in [-0.2, -0.15) is 4.68 Å². The maximum atomic E-state index is 10.8. The zero-order chi connectivity index (χ0) is 14.7. The van der Waals surface area contributed by atoms with Crippen molar-refractivity contribution in [3.63, 3.8) is 0 Å². The molecule has 104 valence electrons. The van der Waals surface area contributed by atoms with Gasteiger partial charge < -0.3 is 14.9 Å². The first-order valence-corrected chi connectivity index (χ1v) is 5.92. The molecule has 1 aromatic carbocycles. The molecule has 2 aromatic rings. The quantitative estimate of drug-likeness (QED) is 0.480. The van der Waals surface area contributed by atoms with Crippen LogP contribution in [0.1, 0.15) is 15.9 Å². The molecule has 0 fully saturated rings. The molecule has 0 aliphatic rings. The number of ether oxygens (including phenoxy) is 1. The van der Waals surface area contributed by atoms with Crippen LogP contribution in [0.2, 0.25) is 5.02 Å². The Morgan fingerprint density at radius 1 is 1.55 bits per heavy atom. The van der Waals surface area contributed by atoms with Crippen molar-refractivity contribution in [2.24, 2.45) is 0 Å². The van der Waals surface area contributed by atoms with E-state index in [1.807, 2.05) is 0 Å². The largest absolute Gasteiger partial charge is 0.496 e. The summed E-state index contributed by atoms with van der Waals surface area (Å²) < 4.78 is 6.50. The molecule has 0 bridgehead atoms. The molecule has 2 rings (SSSR count).